The summed E-state index contributed by atoms with van der Waals surface area (Å²) in [6.07, 6.45) is 6.01. The van der Waals surface area contributed by atoms with E-state index in [1.54, 1.807) is 11.3 Å². The van der Waals surface area contributed by atoms with Crippen molar-refractivity contribution in [1.29, 1.82) is 0 Å². The number of hydrogen-bond acceptors (Lipinski definition) is 10. The molecule has 10 heteroatoms. The van der Waals surface area contributed by atoms with Gasteiger partial charge in [0.1, 0.15) is 0 Å². The van der Waals surface area contributed by atoms with Crippen LogP contribution in [0.2, 0.25) is 0 Å². The van der Waals surface area contributed by atoms with Crippen molar-refractivity contribution in [2.45, 2.75) is 46.0 Å². The molecular weight excluding hydrogens is 537 g/mol. The van der Waals surface area contributed by atoms with E-state index >= 15 is 0 Å². The van der Waals surface area contributed by atoms with Crippen molar-refractivity contribution in [3.63, 3.8) is 0 Å². The molecule has 8 nitrogen and oxygen atoms in total. The van der Waals surface area contributed by atoms with Crippen molar-refractivity contribution >= 4 is 60.6 Å². The minimum Gasteiger partial charge on any atom is -0.368 e. The number of aryl methyl sites for hydroxylation is 4. The quantitative estimate of drug-likeness (QED) is 0.101. The average Bonchev–Trinajstić information content (AvgIpc) is 3.73. The zero-order chi connectivity index (χ0) is 27.5. The van der Waals surface area contributed by atoms with Crippen LogP contribution in [0.25, 0.3) is 0 Å². The Morgan fingerprint density at radius 1 is 0.875 bits per heavy atom. The maximum absolute atomic E-state index is 4.61. The number of aromatic nitrogens is 1. The molecule has 3 heterocycles. The van der Waals surface area contributed by atoms with E-state index in [1.807, 2.05) is 30.5 Å². The lowest BCUT2D eigenvalue weighted by Crippen LogP contribution is -2.25. The van der Waals surface area contributed by atoms with Crippen LogP contribution >= 0.6 is 22.7 Å². The van der Waals surface area contributed by atoms with E-state index in [4.69, 9.17) is 0 Å². The summed E-state index contributed by atoms with van der Waals surface area (Å²) in [5, 5.41) is 21.2. The highest BCUT2D eigenvalue weighted by atomic mass is 32.1. The molecule has 3 N–H and O–H groups in total. The molecule has 0 amide bonds. The van der Waals surface area contributed by atoms with Crippen LogP contribution in [0.3, 0.4) is 0 Å². The van der Waals surface area contributed by atoms with Crippen LogP contribution in [0, 0.1) is 13.8 Å². The lowest BCUT2D eigenvalue weighted by atomic mass is 10.1. The van der Waals surface area contributed by atoms with Crippen LogP contribution in [-0.4, -0.2) is 31.8 Å². The fourth-order valence-corrected chi connectivity index (χ4v) is 7.24. The molecule has 2 aromatic heterocycles. The van der Waals surface area contributed by atoms with Gasteiger partial charge in [0.2, 0.25) is 5.13 Å². The molecule has 2 aromatic carbocycles. The van der Waals surface area contributed by atoms with Crippen LogP contribution in [-0.2, 0) is 12.8 Å². The molecule has 0 saturated carbocycles. The number of thiophene rings is 1. The Balaban J connectivity index is 1.02. The number of thiazole rings is 1. The Morgan fingerprint density at radius 3 is 2.50 bits per heavy atom. The maximum Gasteiger partial charge on any atom is 0.230 e. The van der Waals surface area contributed by atoms with Crippen LogP contribution in [0.5, 0.6) is 0 Å². The number of rotatable bonds is 10. The molecule has 1 aliphatic heterocycles. The van der Waals surface area contributed by atoms with Gasteiger partial charge in [0, 0.05) is 30.7 Å². The fourth-order valence-electron chi connectivity index (χ4n) is 5.31. The van der Waals surface area contributed by atoms with Gasteiger partial charge in [-0.15, -0.1) is 21.6 Å². The van der Waals surface area contributed by atoms with Crippen molar-refractivity contribution in [2.24, 2.45) is 10.2 Å². The summed E-state index contributed by atoms with van der Waals surface area (Å²) >= 11 is 3.50. The highest BCUT2D eigenvalue weighted by Gasteiger charge is 2.17. The molecule has 40 heavy (non-hydrogen) atoms. The molecule has 2 aliphatic rings. The van der Waals surface area contributed by atoms with Crippen molar-refractivity contribution in [3.8, 4) is 0 Å². The van der Waals surface area contributed by atoms with Crippen LogP contribution in [0.4, 0.5) is 37.9 Å². The van der Waals surface area contributed by atoms with Gasteiger partial charge in [0.25, 0.3) is 0 Å². The number of nitrogens with zero attached hydrogens (tertiary/aromatic N) is 5. The van der Waals surface area contributed by atoms with E-state index in [2.05, 4.69) is 91.4 Å². The molecule has 4 aromatic rings. The highest BCUT2D eigenvalue weighted by Crippen LogP contribution is 2.34. The number of anilines is 5. The van der Waals surface area contributed by atoms with Gasteiger partial charge in [-0.05, 0) is 106 Å². The van der Waals surface area contributed by atoms with Crippen LogP contribution in [0.1, 0.15) is 41.0 Å². The van der Waals surface area contributed by atoms with E-state index in [-0.39, 0.29) is 0 Å². The molecular formula is C30H36N8S2. The minimum atomic E-state index is 0.681. The maximum atomic E-state index is 4.61. The average molecular weight is 573 g/mol. The standard InChI is InChI=1S/C30H36N8S2/c1-20-17-23(9-11-24(20)34-35-30-33-25-7-6-8-27(25)39-30)36-37(3)26-12-10-22(18-21(26)2)31-19-32-28-13-14-29(40-28)38-15-4-5-16-38/h9-14,17-18,31-32,36H,4-8,15-16,19H2,1-3H3/b35-34+. The third-order valence-electron chi connectivity index (χ3n) is 7.44. The third kappa shape index (κ3) is 6.08. The Bertz CT molecular complexity index is 1480. The second-order valence-electron chi connectivity index (χ2n) is 10.5. The molecule has 208 valence electrons. The van der Waals surface area contributed by atoms with Crippen molar-refractivity contribution in [2.75, 3.05) is 52.8 Å². The van der Waals surface area contributed by atoms with Gasteiger partial charge < -0.3 is 15.5 Å². The molecule has 0 atom stereocenters. The molecule has 1 saturated heterocycles. The Kier molecular flexibility index (Phi) is 7.88. The largest absolute Gasteiger partial charge is 0.368 e. The number of hydrogen-bond donors (Lipinski definition) is 3. The molecule has 0 unspecified atom stereocenters. The van der Waals surface area contributed by atoms with E-state index in [1.165, 1.54) is 58.5 Å². The number of benzene rings is 2. The number of hydrazine groups is 1. The van der Waals surface area contributed by atoms with Gasteiger partial charge in [0.05, 0.1) is 39.4 Å². The summed E-state index contributed by atoms with van der Waals surface area (Å²) in [5.41, 5.74) is 11.0. The zero-order valence-corrected chi connectivity index (χ0v) is 25.0. The first-order valence-electron chi connectivity index (χ1n) is 14.0. The molecule has 0 bridgehead atoms. The normalized spacial score (nSPS) is 14.6. The minimum absolute atomic E-state index is 0.681. The molecule has 6 rings (SSSR count). The van der Waals surface area contributed by atoms with E-state index in [9.17, 15) is 0 Å². The predicted octanol–water partition coefficient (Wildman–Crippen LogP) is 8.27. The predicted molar refractivity (Wildman–Crippen MR) is 171 cm³/mol. The van der Waals surface area contributed by atoms with Crippen molar-refractivity contribution in [1.82, 2.24) is 4.98 Å². The summed E-state index contributed by atoms with van der Waals surface area (Å²) in [6.45, 7) is 7.24. The topological polar surface area (TPSA) is 80.2 Å². The zero-order valence-electron chi connectivity index (χ0n) is 23.3. The molecule has 1 fully saturated rings. The second kappa shape index (κ2) is 11.9. The van der Waals surface area contributed by atoms with Gasteiger partial charge in [-0.25, -0.2) is 4.98 Å². The lowest BCUT2D eigenvalue weighted by molar-refractivity contribution is 0.898. The first kappa shape index (κ1) is 26.6. The molecule has 0 spiro atoms. The summed E-state index contributed by atoms with van der Waals surface area (Å²) < 4.78 is 0. The number of nitrogens with one attached hydrogen (secondary N) is 3. The number of azo groups is 1. The van der Waals surface area contributed by atoms with E-state index in [0.717, 1.165) is 46.3 Å². The number of fused-ring (bicyclic) bond motifs is 1. The SMILES string of the molecule is Cc1cc(NN(C)c2ccc(NCNc3ccc(N4CCCC4)s3)cc2C)ccc1/N=N/c1nc2c(s1)CCC2. The summed E-state index contributed by atoms with van der Waals surface area (Å²) in [6, 6.07) is 17.0. The first-order valence-corrected chi connectivity index (χ1v) is 15.6. The van der Waals surface area contributed by atoms with Gasteiger partial charge in [0.15, 0.2) is 0 Å². The molecule has 0 radical (unpaired) electrons. The Labute approximate surface area is 244 Å². The fraction of sp³-hybridized carbons (Fsp3) is 0.367. The van der Waals surface area contributed by atoms with E-state index < -0.39 is 0 Å². The van der Waals surface area contributed by atoms with Crippen LogP contribution in [0.15, 0.2) is 58.8 Å². The van der Waals surface area contributed by atoms with Crippen molar-refractivity contribution in [3.05, 3.63) is 70.2 Å². The summed E-state index contributed by atoms with van der Waals surface area (Å²) in [5.74, 6) is 0. The smallest absolute Gasteiger partial charge is 0.230 e. The Morgan fingerprint density at radius 2 is 1.70 bits per heavy atom. The van der Waals surface area contributed by atoms with Gasteiger partial charge in [-0.2, -0.15) is 0 Å². The summed E-state index contributed by atoms with van der Waals surface area (Å²) in [7, 11) is 2.04. The second-order valence-corrected chi connectivity index (χ2v) is 12.6. The highest BCUT2D eigenvalue weighted by molar-refractivity contribution is 7.20. The lowest BCUT2D eigenvalue weighted by Gasteiger charge is -2.24. The molecule has 1 aliphatic carbocycles. The summed E-state index contributed by atoms with van der Waals surface area (Å²) in [4.78, 5) is 8.46. The monoisotopic (exact) mass is 572 g/mol. The third-order valence-corrected chi connectivity index (χ3v) is 9.59. The van der Waals surface area contributed by atoms with Crippen molar-refractivity contribution < 1.29 is 0 Å². The van der Waals surface area contributed by atoms with Gasteiger partial charge in [-0.1, -0.05) is 11.3 Å². The van der Waals surface area contributed by atoms with Gasteiger partial charge in [-0.3, -0.25) is 10.4 Å². The Hall–Kier alpha value is -3.63. The van der Waals surface area contributed by atoms with E-state index in [0.29, 0.717) is 6.67 Å². The first-order chi connectivity index (χ1) is 19.5. The van der Waals surface area contributed by atoms with Gasteiger partial charge >= 0.3 is 0 Å². The van der Waals surface area contributed by atoms with Crippen LogP contribution < -0.4 is 26.0 Å².